The lowest BCUT2D eigenvalue weighted by atomic mass is 10.0. The SMILES string of the molecule is CCN(C)c1ccc(CN[C@H](c2ccc3c(c2)OCCO3)C2CC2)cn1. The van der Waals surface area contributed by atoms with Gasteiger partial charge in [-0.1, -0.05) is 12.1 Å². The van der Waals surface area contributed by atoms with E-state index in [1.54, 1.807) is 0 Å². The molecule has 0 radical (unpaired) electrons. The van der Waals surface area contributed by atoms with Gasteiger partial charge in [-0.3, -0.25) is 0 Å². The number of aromatic nitrogens is 1. The van der Waals surface area contributed by atoms with E-state index in [2.05, 4.69) is 53.4 Å². The van der Waals surface area contributed by atoms with Gasteiger partial charge in [0.25, 0.3) is 0 Å². The van der Waals surface area contributed by atoms with Gasteiger partial charge in [0.1, 0.15) is 19.0 Å². The fraction of sp³-hybridized carbons (Fsp3) is 0.476. The van der Waals surface area contributed by atoms with Crippen molar-refractivity contribution in [2.45, 2.75) is 32.4 Å². The lowest BCUT2D eigenvalue weighted by Crippen LogP contribution is -2.23. The minimum absolute atomic E-state index is 0.351. The van der Waals surface area contributed by atoms with E-state index >= 15 is 0 Å². The van der Waals surface area contributed by atoms with Crippen LogP contribution in [0.15, 0.2) is 36.5 Å². The number of anilines is 1. The highest BCUT2D eigenvalue weighted by Crippen LogP contribution is 2.43. The summed E-state index contributed by atoms with van der Waals surface area (Å²) < 4.78 is 11.4. The maximum absolute atomic E-state index is 5.76. The maximum Gasteiger partial charge on any atom is 0.161 e. The molecule has 0 bridgehead atoms. The Morgan fingerprint density at radius 2 is 1.96 bits per heavy atom. The maximum atomic E-state index is 5.76. The van der Waals surface area contributed by atoms with Gasteiger partial charge in [0.05, 0.1) is 0 Å². The van der Waals surface area contributed by atoms with Gasteiger partial charge in [-0.25, -0.2) is 4.98 Å². The first-order chi connectivity index (χ1) is 12.7. The molecule has 2 heterocycles. The normalized spacial score (nSPS) is 17.0. The van der Waals surface area contributed by atoms with Gasteiger partial charge < -0.3 is 19.7 Å². The molecule has 0 unspecified atom stereocenters. The van der Waals surface area contributed by atoms with Crippen molar-refractivity contribution >= 4 is 5.82 Å². The van der Waals surface area contributed by atoms with Gasteiger partial charge in [-0.15, -0.1) is 0 Å². The van der Waals surface area contributed by atoms with Crippen LogP contribution in [0.2, 0.25) is 0 Å². The third-order valence-electron chi connectivity index (χ3n) is 5.22. The molecule has 4 rings (SSSR count). The smallest absolute Gasteiger partial charge is 0.161 e. The van der Waals surface area contributed by atoms with Crippen LogP contribution in [0.25, 0.3) is 0 Å². The summed E-state index contributed by atoms with van der Waals surface area (Å²) in [5.74, 6) is 3.45. The number of hydrogen-bond acceptors (Lipinski definition) is 5. The van der Waals surface area contributed by atoms with Crippen molar-refractivity contribution in [1.82, 2.24) is 10.3 Å². The van der Waals surface area contributed by atoms with Crippen LogP contribution < -0.4 is 19.7 Å². The third-order valence-corrected chi connectivity index (χ3v) is 5.22. The van der Waals surface area contributed by atoms with Crippen LogP contribution >= 0.6 is 0 Å². The van der Waals surface area contributed by atoms with E-state index in [-0.39, 0.29) is 0 Å². The van der Waals surface area contributed by atoms with E-state index in [4.69, 9.17) is 9.47 Å². The zero-order valence-electron chi connectivity index (χ0n) is 15.6. The van der Waals surface area contributed by atoms with E-state index < -0.39 is 0 Å². The molecule has 1 atom stereocenters. The first-order valence-corrected chi connectivity index (χ1v) is 9.53. The van der Waals surface area contributed by atoms with Gasteiger partial charge in [-0.2, -0.15) is 0 Å². The van der Waals surface area contributed by atoms with Crippen LogP contribution in [-0.4, -0.2) is 31.8 Å². The molecule has 1 N–H and O–H groups in total. The van der Waals surface area contributed by atoms with Crippen molar-refractivity contribution in [2.24, 2.45) is 5.92 Å². The predicted molar refractivity (Wildman–Crippen MR) is 103 cm³/mol. The molecular weight excluding hydrogens is 326 g/mol. The Morgan fingerprint density at radius 3 is 2.65 bits per heavy atom. The molecular formula is C21H27N3O2. The molecule has 1 aliphatic heterocycles. The van der Waals surface area contributed by atoms with Gasteiger partial charge in [0.15, 0.2) is 11.5 Å². The molecule has 1 aromatic carbocycles. The second-order valence-corrected chi connectivity index (χ2v) is 7.14. The summed E-state index contributed by atoms with van der Waals surface area (Å²) in [5.41, 5.74) is 2.49. The highest BCUT2D eigenvalue weighted by Gasteiger charge is 2.32. The Labute approximate surface area is 155 Å². The lowest BCUT2D eigenvalue weighted by Gasteiger charge is -2.23. The molecule has 1 saturated carbocycles. The summed E-state index contributed by atoms with van der Waals surface area (Å²) >= 11 is 0. The highest BCUT2D eigenvalue weighted by atomic mass is 16.6. The molecule has 5 nitrogen and oxygen atoms in total. The third kappa shape index (κ3) is 3.78. The molecule has 1 aliphatic carbocycles. The molecule has 0 saturated heterocycles. The monoisotopic (exact) mass is 353 g/mol. The first kappa shape index (κ1) is 17.2. The molecule has 1 aromatic heterocycles. The molecule has 138 valence electrons. The Kier molecular flexibility index (Phi) is 4.98. The fourth-order valence-corrected chi connectivity index (χ4v) is 3.38. The van der Waals surface area contributed by atoms with E-state index in [0.717, 1.165) is 30.4 Å². The van der Waals surface area contributed by atoms with Crippen LogP contribution in [0.1, 0.15) is 36.9 Å². The summed E-state index contributed by atoms with van der Waals surface area (Å²) in [6, 6.07) is 11.0. The number of fused-ring (bicyclic) bond motifs is 1. The predicted octanol–water partition coefficient (Wildman–Crippen LogP) is 3.55. The van der Waals surface area contributed by atoms with Crippen molar-refractivity contribution in [1.29, 1.82) is 0 Å². The molecule has 2 aliphatic rings. The number of nitrogens with zero attached hydrogens (tertiary/aromatic N) is 2. The number of benzene rings is 1. The van der Waals surface area contributed by atoms with Gasteiger partial charge in [0, 0.05) is 32.4 Å². The Bertz CT molecular complexity index is 743. The number of ether oxygens (including phenoxy) is 2. The van der Waals surface area contributed by atoms with Crippen LogP contribution in [0.4, 0.5) is 5.82 Å². The largest absolute Gasteiger partial charge is 0.486 e. The van der Waals surface area contributed by atoms with Gasteiger partial charge >= 0.3 is 0 Å². The van der Waals surface area contributed by atoms with E-state index in [1.165, 1.54) is 24.0 Å². The molecule has 2 aromatic rings. The number of pyridine rings is 1. The van der Waals surface area contributed by atoms with E-state index in [0.29, 0.717) is 25.2 Å². The van der Waals surface area contributed by atoms with E-state index in [1.807, 2.05) is 12.3 Å². The summed E-state index contributed by atoms with van der Waals surface area (Å²) in [5, 5.41) is 3.73. The summed E-state index contributed by atoms with van der Waals surface area (Å²) in [4.78, 5) is 6.71. The lowest BCUT2D eigenvalue weighted by molar-refractivity contribution is 0.171. The average Bonchev–Trinajstić information content (AvgIpc) is 3.53. The van der Waals surface area contributed by atoms with Gasteiger partial charge in [-0.05, 0) is 55.0 Å². The zero-order valence-corrected chi connectivity index (χ0v) is 15.6. The van der Waals surface area contributed by atoms with Crippen LogP contribution in [-0.2, 0) is 6.54 Å². The first-order valence-electron chi connectivity index (χ1n) is 9.53. The standard InChI is InChI=1S/C21H27N3O2/c1-3-24(2)20-9-4-15(13-22-20)14-23-21(16-5-6-16)17-7-8-18-19(12-17)26-11-10-25-18/h4,7-9,12-13,16,21,23H,3,5-6,10-11,14H2,1-2H3/t21-/m0/s1. The number of hydrogen-bond donors (Lipinski definition) is 1. The Morgan fingerprint density at radius 1 is 1.15 bits per heavy atom. The second-order valence-electron chi connectivity index (χ2n) is 7.14. The second kappa shape index (κ2) is 7.54. The van der Waals surface area contributed by atoms with Crippen LogP contribution in [0, 0.1) is 5.92 Å². The number of rotatable bonds is 7. The topological polar surface area (TPSA) is 46.6 Å². The van der Waals surface area contributed by atoms with Crippen molar-refractivity contribution in [3.05, 3.63) is 47.7 Å². The Balaban J connectivity index is 1.44. The van der Waals surface area contributed by atoms with Crippen molar-refractivity contribution < 1.29 is 9.47 Å². The minimum Gasteiger partial charge on any atom is -0.486 e. The minimum atomic E-state index is 0.351. The van der Waals surface area contributed by atoms with Crippen LogP contribution in [0.5, 0.6) is 11.5 Å². The fourth-order valence-electron chi connectivity index (χ4n) is 3.38. The molecule has 0 spiro atoms. The van der Waals surface area contributed by atoms with Crippen LogP contribution in [0.3, 0.4) is 0 Å². The molecule has 0 amide bonds. The number of nitrogens with one attached hydrogen (secondary N) is 1. The molecule has 1 fully saturated rings. The van der Waals surface area contributed by atoms with Crippen molar-refractivity contribution in [2.75, 3.05) is 31.7 Å². The zero-order chi connectivity index (χ0) is 17.9. The Hall–Kier alpha value is -2.27. The summed E-state index contributed by atoms with van der Waals surface area (Å²) in [6.07, 6.45) is 4.54. The summed E-state index contributed by atoms with van der Waals surface area (Å²) in [7, 11) is 2.06. The average molecular weight is 353 g/mol. The van der Waals surface area contributed by atoms with Crippen molar-refractivity contribution in [3.8, 4) is 11.5 Å². The van der Waals surface area contributed by atoms with Crippen molar-refractivity contribution in [3.63, 3.8) is 0 Å². The highest BCUT2D eigenvalue weighted by molar-refractivity contribution is 5.45. The van der Waals surface area contributed by atoms with Gasteiger partial charge in [0.2, 0.25) is 0 Å². The molecule has 5 heteroatoms. The van der Waals surface area contributed by atoms with E-state index in [9.17, 15) is 0 Å². The summed E-state index contributed by atoms with van der Waals surface area (Å²) in [6.45, 7) is 5.16. The quantitative estimate of drug-likeness (QED) is 0.825. The molecule has 26 heavy (non-hydrogen) atoms.